The van der Waals surface area contributed by atoms with Gasteiger partial charge in [0.05, 0.1) is 24.1 Å². The lowest BCUT2D eigenvalue weighted by molar-refractivity contribution is 0.0303. The average Bonchev–Trinajstić information content (AvgIpc) is 2.85. The van der Waals surface area contributed by atoms with Gasteiger partial charge in [0.2, 0.25) is 5.95 Å². The summed E-state index contributed by atoms with van der Waals surface area (Å²) in [6.45, 7) is 2.43. The van der Waals surface area contributed by atoms with Gasteiger partial charge in [-0.3, -0.25) is 4.79 Å². The number of ether oxygens (including phenoxy) is 1. The van der Waals surface area contributed by atoms with E-state index in [1.54, 1.807) is 12.4 Å². The van der Waals surface area contributed by atoms with Crippen molar-refractivity contribution >= 4 is 28.6 Å². The monoisotopic (exact) mass is 432 g/mol. The first kappa shape index (κ1) is 20.6. The van der Waals surface area contributed by atoms with Crippen LogP contribution in [0, 0.1) is 0 Å². The lowest BCUT2D eigenvalue weighted by atomic mass is 9.96. The van der Waals surface area contributed by atoms with Gasteiger partial charge in [-0.05, 0) is 30.5 Å². The zero-order valence-corrected chi connectivity index (χ0v) is 18.1. The van der Waals surface area contributed by atoms with Gasteiger partial charge in [-0.2, -0.15) is 0 Å². The molecule has 0 spiro atoms. The Kier molecular flexibility index (Phi) is 5.85. The highest BCUT2D eigenvalue weighted by Gasteiger charge is 2.19. The molecule has 1 aromatic carbocycles. The summed E-state index contributed by atoms with van der Waals surface area (Å²) in [5.74, 6) is 1.06. The summed E-state index contributed by atoms with van der Waals surface area (Å²) < 4.78 is 5.34. The van der Waals surface area contributed by atoms with Crippen LogP contribution < -0.4 is 11.1 Å². The second-order valence-corrected chi connectivity index (χ2v) is 8.47. The van der Waals surface area contributed by atoms with Gasteiger partial charge in [0.25, 0.3) is 5.91 Å². The smallest absolute Gasteiger partial charge is 0.254 e. The van der Waals surface area contributed by atoms with Gasteiger partial charge in [0, 0.05) is 42.7 Å². The van der Waals surface area contributed by atoms with E-state index in [9.17, 15) is 4.79 Å². The molecule has 8 heteroatoms. The van der Waals surface area contributed by atoms with Crippen molar-refractivity contribution in [2.45, 2.75) is 38.1 Å². The third-order valence-corrected chi connectivity index (χ3v) is 6.33. The van der Waals surface area contributed by atoms with Crippen molar-refractivity contribution in [1.82, 2.24) is 19.9 Å². The van der Waals surface area contributed by atoms with Crippen LogP contribution in [0.4, 0.5) is 11.8 Å². The number of hydrogen-bond donors (Lipinski definition) is 2. The quantitative estimate of drug-likeness (QED) is 0.650. The van der Waals surface area contributed by atoms with Gasteiger partial charge in [-0.1, -0.05) is 31.4 Å². The lowest BCUT2D eigenvalue weighted by Gasteiger charge is -2.26. The maximum Gasteiger partial charge on any atom is 0.254 e. The van der Waals surface area contributed by atoms with E-state index in [4.69, 9.17) is 15.5 Å². The SMILES string of the molecule is Nc1ncc(-c2ccc(C(=O)N3CCOCC3)cc2)c2nc(NC3CCCCC3)ncc12. The van der Waals surface area contributed by atoms with E-state index in [0.717, 1.165) is 34.9 Å². The molecule has 1 aliphatic carbocycles. The number of aromatic nitrogens is 3. The van der Waals surface area contributed by atoms with Crippen LogP contribution in [0.5, 0.6) is 0 Å². The minimum atomic E-state index is 0.0291. The van der Waals surface area contributed by atoms with Gasteiger partial charge in [0.1, 0.15) is 5.82 Å². The highest BCUT2D eigenvalue weighted by molar-refractivity contribution is 5.99. The molecule has 3 heterocycles. The van der Waals surface area contributed by atoms with Crippen LogP contribution in [0.25, 0.3) is 22.0 Å². The number of benzene rings is 1. The molecule has 5 rings (SSSR count). The fourth-order valence-electron chi connectivity index (χ4n) is 4.49. The standard InChI is InChI=1S/C24H28N6O2/c25-22-20-15-27-24(28-18-4-2-1-3-5-18)29-21(20)19(14-26-22)16-6-8-17(9-7-16)23(31)30-10-12-32-13-11-30/h6-9,14-15,18H,1-5,10-13H2,(H2,25,26)(H,27,28,29). The van der Waals surface area contributed by atoms with Crippen molar-refractivity contribution in [1.29, 1.82) is 0 Å². The minimum Gasteiger partial charge on any atom is -0.383 e. The van der Waals surface area contributed by atoms with Crippen LogP contribution in [-0.2, 0) is 4.74 Å². The average molecular weight is 433 g/mol. The minimum absolute atomic E-state index is 0.0291. The number of carbonyl (C=O) groups is 1. The van der Waals surface area contributed by atoms with Gasteiger partial charge in [-0.15, -0.1) is 0 Å². The number of anilines is 2. The van der Waals surface area contributed by atoms with Crippen molar-refractivity contribution in [3.8, 4) is 11.1 Å². The molecule has 0 bridgehead atoms. The predicted octanol–water partition coefficient (Wildman–Crippen LogP) is 3.49. The van der Waals surface area contributed by atoms with Gasteiger partial charge in [-0.25, -0.2) is 15.0 Å². The van der Waals surface area contributed by atoms with Crippen LogP contribution in [0.3, 0.4) is 0 Å². The van der Waals surface area contributed by atoms with Gasteiger partial charge in [0.15, 0.2) is 0 Å². The van der Waals surface area contributed by atoms with Gasteiger partial charge < -0.3 is 20.7 Å². The molecule has 2 aliphatic rings. The number of rotatable bonds is 4. The number of hydrogen-bond acceptors (Lipinski definition) is 7. The number of nitrogens with two attached hydrogens (primary N) is 1. The maximum absolute atomic E-state index is 12.8. The topological polar surface area (TPSA) is 106 Å². The fraction of sp³-hybridized carbons (Fsp3) is 0.417. The number of pyridine rings is 1. The Balaban J connectivity index is 1.44. The summed E-state index contributed by atoms with van der Waals surface area (Å²) in [5.41, 5.74) is 9.34. The van der Waals surface area contributed by atoms with Crippen molar-refractivity contribution < 1.29 is 9.53 Å². The second-order valence-electron chi connectivity index (χ2n) is 8.47. The molecule has 8 nitrogen and oxygen atoms in total. The molecule has 32 heavy (non-hydrogen) atoms. The van der Waals surface area contributed by atoms with Crippen LogP contribution in [0.15, 0.2) is 36.7 Å². The molecular formula is C24H28N6O2. The lowest BCUT2D eigenvalue weighted by Crippen LogP contribution is -2.40. The number of carbonyl (C=O) groups excluding carboxylic acids is 1. The van der Waals surface area contributed by atoms with E-state index in [-0.39, 0.29) is 5.91 Å². The zero-order valence-electron chi connectivity index (χ0n) is 18.1. The van der Waals surface area contributed by atoms with E-state index in [2.05, 4.69) is 15.3 Å². The van der Waals surface area contributed by atoms with Crippen molar-refractivity contribution in [3.05, 3.63) is 42.2 Å². The number of amides is 1. The molecule has 0 atom stereocenters. The molecule has 0 radical (unpaired) electrons. The molecule has 1 aliphatic heterocycles. The molecule has 2 fully saturated rings. The Morgan fingerprint density at radius 2 is 1.78 bits per heavy atom. The first-order chi connectivity index (χ1) is 15.7. The van der Waals surface area contributed by atoms with Crippen LogP contribution in [-0.4, -0.2) is 58.1 Å². The Bertz CT molecular complexity index is 1110. The maximum atomic E-state index is 12.8. The molecule has 3 aromatic rings. The number of nitrogens with one attached hydrogen (secondary N) is 1. The normalized spacial score (nSPS) is 17.4. The molecular weight excluding hydrogens is 404 g/mol. The van der Waals surface area contributed by atoms with Crippen LogP contribution >= 0.6 is 0 Å². The third kappa shape index (κ3) is 4.23. The van der Waals surface area contributed by atoms with Crippen LogP contribution in [0.1, 0.15) is 42.5 Å². The Morgan fingerprint density at radius 3 is 2.53 bits per heavy atom. The molecule has 0 unspecified atom stereocenters. The Labute approximate surface area is 187 Å². The first-order valence-electron chi connectivity index (χ1n) is 11.3. The van der Waals surface area contributed by atoms with E-state index in [1.165, 1.54) is 19.3 Å². The highest BCUT2D eigenvalue weighted by Crippen LogP contribution is 2.30. The van der Waals surface area contributed by atoms with E-state index in [0.29, 0.717) is 49.7 Å². The predicted molar refractivity (Wildman–Crippen MR) is 124 cm³/mol. The summed E-state index contributed by atoms with van der Waals surface area (Å²) in [6, 6.07) is 8.01. The molecule has 3 N–H and O–H groups in total. The van der Waals surface area contributed by atoms with Gasteiger partial charge >= 0.3 is 0 Å². The Hall–Kier alpha value is -3.26. The second kappa shape index (κ2) is 9.08. The van der Waals surface area contributed by atoms with E-state index < -0.39 is 0 Å². The molecule has 1 saturated carbocycles. The summed E-state index contributed by atoms with van der Waals surface area (Å²) in [5, 5.41) is 4.21. The molecule has 166 valence electrons. The fourth-order valence-corrected chi connectivity index (χ4v) is 4.49. The first-order valence-corrected chi connectivity index (χ1v) is 11.3. The van der Waals surface area contributed by atoms with Crippen molar-refractivity contribution in [2.24, 2.45) is 0 Å². The number of nitrogen functional groups attached to an aromatic ring is 1. The van der Waals surface area contributed by atoms with Crippen LogP contribution in [0.2, 0.25) is 0 Å². The summed E-state index contributed by atoms with van der Waals surface area (Å²) >= 11 is 0. The largest absolute Gasteiger partial charge is 0.383 e. The van der Waals surface area contributed by atoms with Crippen molar-refractivity contribution in [2.75, 3.05) is 37.4 Å². The summed E-state index contributed by atoms with van der Waals surface area (Å²) in [7, 11) is 0. The molecule has 1 saturated heterocycles. The number of nitrogens with zero attached hydrogens (tertiary/aromatic N) is 4. The molecule has 1 amide bonds. The third-order valence-electron chi connectivity index (χ3n) is 6.33. The van der Waals surface area contributed by atoms with E-state index >= 15 is 0 Å². The summed E-state index contributed by atoms with van der Waals surface area (Å²) in [4.78, 5) is 28.2. The number of fused-ring (bicyclic) bond motifs is 1. The summed E-state index contributed by atoms with van der Waals surface area (Å²) in [6.07, 6.45) is 9.55. The number of morpholine rings is 1. The highest BCUT2D eigenvalue weighted by atomic mass is 16.5. The zero-order chi connectivity index (χ0) is 21.9. The Morgan fingerprint density at radius 1 is 1.03 bits per heavy atom. The van der Waals surface area contributed by atoms with E-state index in [1.807, 2.05) is 29.2 Å². The molecule has 2 aromatic heterocycles. The van der Waals surface area contributed by atoms with Crippen molar-refractivity contribution in [3.63, 3.8) is 0 Å².